The highest BCUT2D eigenvalue weighted by Crippen LogP contribution is 2.29. The minimum atomic E-state index is 0.242. The summed E-state index contributed by atoms with van der Waals surface area (Å²) in [5, 5.41) is 0. The van der Waals surface area contributed by atoms with E-state index in [-0.39, 0.29) is 6.04 Å². The van der Waals surface area contributed by atoms with Gasteiger partial charge in [0, 0.05) is 6.04 Å². The fourth-order valence-electron chi connectivity index (χ4n) is 2.61. The van der Waals surface area contributed by atoms with Crippen LogP contribution in [0.5, 0.6) is 0 Å². The van der Waals surface area contributed by atoms with Gasteiger partial charge in [-0.2, -0.15) is 0 Å². The summed E-state index contributed by atoms with van der Waals surface area (Å²) in [5.74, 6) is 0. The van der Waals surface area contributed by atoms with Gasteiger partial charge in [0.25, 0.3) is 0 Å². The van der Waals surface area contributed by atoms with Crippen molar-refractivity contribution in [1.29, 1.82) is 0 Å². The molecule has 2 aromatic carbocycles. The summed E-state index contributed by atoms with van der Waals surface area (Å²) in [6, 6.07) is 17.7. The molecule has 3 rings (SSSR count). The Morgan fingerprint density at radius 2 is 1.37 bits per heavy atom. The molecule has 0 heterocycles. The zero-order valence-corrected chi connectivity index (χ0v) is 11.3. The van der Waals surface area contributed by atoms with E-state index in [0.717, 1.165) is 12.8 Å². The van der Waals surface area contributed by atoms with E-state index in [9.17, 15) is 0 Å². The topological polar surface area (TPSA) is 26.0 Å². The van der Waals surface area contributed by atoms with Gasteiger partial charge in [0.05, 0.1) is 0 Å². The van der Waals surface area contributed by atoms with Crippen molar-refractivity contribution in [3.63, 3.8) is 0 Å². The zero-order chi connectivity index (χ0) is 13.2. The molecule has 0 aliphatic heterocycles. The van der Waals surface area contributed by atoms with Gasteiger partial charge in [0.2, 0.25) is 0 Å². The molecule has 19 heavy (non-hydrogen) atoms. The highest BCUT2D eigenvalue weighted by Gasteiger charge is 2.13. The van der Waals surface area contributed by atoms with Crippen LogP contribution in [-0.2, 0) is 0 Å². The van der Waals surface area contributed by atoms with Crippen molar-refractivity contribution in [3.8, 4) is 11.1 Å². The second-order valence-corrected chi connectivity index (χ2v) is 5.34. The quantitative estimate of drug-likeness (QED) is 0.849. The molecule has 0 bridgehead atoms. The Labute approximate surface area is 114 Å². The van der Waals surface area contributed by atoms with Crippen LogP contribution >= 0.6 is 0 Å². The average Bonchev–Trinajstić information content (AvgIpc) is 2.87. The maximum absolute atomic E-state index is 5.92. The monoisotopic (exact) mass is 249 g/mol. The Balaban J connectivity index is 1.87. The standard InChI is InChI=1S/C18H19N/c1-13-2-4-14(5-3-13)15-6-8-16(9-7-15)17-10-11-18(19)12-17/h2-9,12,18H,10-11,19H2,1H3. The molecule has 0 radical (unpaired) electrons. The Kier molecular flexibility index (Phi) is 3.22. The molecule has 96 valence electrons. The van der Waals surface area contributed by atoms with Crippen LogP contribution < -0.4 is 5.73 Å². The van der Waals surface area contributed by atoms with Crippen LogP contribution in [0, 0.1) is 6.92 Å². The SMILES string of the molecule is Cc1ccc(-c2ccc(C3=CC(N)CC3)cc2)cc1. The first-order valence-electron chi connectivity index (χ1n) is 6.86. The van der Waals surface area contributed by atoms with Gasteiger partial charge in [0.1, 0.15) is 0 Å². The third-order valence-corrected chi connectivity index (χ3v) is 3.80. The van der Waals surface area contributed by atoms with Crippen LogP contribution in [0.2, 0.25) is 0 Å². The minimum absolute atomic E-state index is 0.242. The maximum atomic E-state index is 5.92. The smallest absolute Gasteiger partial charge is 0.0232 e. The van der Waals surface area contributed by atoms with Crippen LogP contribution in [0.25, 0.3) is 16.7 Å². The number of rotatable bonds is 2. The molecule has 2 aromatic rings. The van der Waals surface area contributed by atoms with Crippen molar-refractivity contribution < 1.29 is 0 Å². The summed E-state index contributed by atoms with van der Waals surface area (Å²) in [4.78, 5) is 0. The maximum Gasteiger partial charge on any atom is 0.0232 e. The van der Waals surface area contributed by atoms with Crippen LogP contribution in [0.1, 0.15) is 24.0 Å². The van der Waals surface area contributed by atoms with E-state index in [0.29, 0.717) is 0 Å². The highest BCUT2D eigenvalue weighted by atomic mass is 14.6. The number of allylic oxidation sites excluding steroid dienone is 1. The molecule has 1 atom stereocenters. The molecule has 0 aromatic heterocycles. The number of hydrogen-bond acceptors (Lipinski definition) is 1. The molecule has 0 spiro atoms. The summed E-state index contributed by atoms with van der Waals surface area (Å²) in [6.45, 7) is 2.11. The van der Waals surface area contributed by atoms with Gasteiger partial charge in [-0.15, -0.1) is 0 Å². The van der Waals surface area contributed by atoms with Gasteiger partial charge in [0.15, 0.2) is 0 Å². The van der Waals surface area contributed by atoms with E-state index >= 15 is 0 Å². The van der Waals surface area contributed by atoms with Crippen molar-refractivity contribution >= 4 is 5.57 Å². The van der Waals surface area contributed by atoms with Crippen molar-refractivity contribution in [2.24, 2.45) is 5.73 Å². The molecule has 1 nitrogen and oxygen atoms in total. The van der Waals surface area contributed by atoms with Crippen molar-refractivity contribution in [1.82, 2.24) is 0 Å². The predicted octanol–water partition coefficient (Wildman–Crippen LogP) is 4.17. The molecular formula is C18H19N. The van der Waals surface area contributed by atoms with E-state index in [1.54, 1.807) is 0 Å². The van der Waals surface area contributed by atoms with Crippen LogP contribution in [0.4, 0.5) is 0 Å². The Bertz CT molecular complexity index is 591. The van der Waals surface area contributed by atoms with Gasteiger partial charge in [-0.05, 0) is 42.0 Å². The largest absolute Gasteiger partial charge is 0.324 e. The van der Waals surface area contributed by atoms with Crippen molar-refractivity contribution in [2.75, 3.05) is 0 Å². The first-order chi connectivity index (χ1) is 9.22. The Hall–Kier alpha value is -1.86. The molecule has 1 aliphatic rings. The second kappa shape index (κ2) is 5.02. The van der Waals surface area contributed by atoms with Gasteiger partial charge < -0.3 is 5.73 Å². The first kappa shape index (κ1) is 12.2. The lowest BCUT2D eigenvalue weighted by Gasteiger charge is -2.05. The van der Waals surface area contributed by atoms with E-state index in [4.69, 9.17) is 5.73 Å². The lowest BCUT2D eigenvalue weighted by atomic mass is 9.99. The summed E-state index contributed by atoms with van der Waals surface area (Å²) in [7, 11) is 0. The van der Waals surface area contributed by atoms with Crippen LogP contribution in [0.3, 0.4) is 0 Å². The summed E-state index contributed by atoms with van der Waals surface area (Å²) >= 11 is 0. The van der Waals surface area contributed by atoms with Crippen LogP contribution in [0.15, 0.2) is 54.6 Å². The third kappa shape index (κ3) is 2.61. The lowest BCUT2D eigenvalue weighted by Crippen LogP contribution is -2.11. The van der Waals surface area contributed by atoms with Crippen molar-refractivity contribution in [3.05, 3.63) is 65.7 Å². The lowest BCUT2D eigenvalue weighted by molar-refractivity contribution is 0.782. The Morgan fingerprint density at radius 3 is 1.89 bits per heavy atom. The zero-order valence-electron chi connectivity index (χ0n) is 11.3. The van der Waals surface area contributed by atoms with E-state index in [1.165, 1.54) is 27.8 Å². The fraction of sp³-hybridized carbons (Fsp3) is 0.222. The van der Waals surface area contributed by atoms with E-state index in [1.807, 2.05) is 0 Å². The molecule has 1 heteroatoms. The molecule has 2 N–H and O–H groups in total. The number of hydrogen-bond donors (Lipinski definition) is 1. The Morgan fingerprint density at radius 1 is 0.842 bits per heavy atom. The number of benzene rings is 2. The van der Waals surface area contributed by atoms with Gasteiger partial charge >= 0.3 is 0 Å². The number of aryl methyl sites for hydroxylation is 1. The van der Waals surface area contributed by atoms with Gasteiger partial charge in [-0.3, -0.25) is 0 Å². The minimum Gasteiger partial charge on any atom is -0.324 e. The fourth-order valence-corrected chi connectivity index (χ4v) is 2.61. The summed E-state index contributed by atoms with van der Waals surface area (Å²) in [6.07, 6.45) is 4.38. The molecule has 0 fully saturated rings. The van der Waals surface area contributed by atoms with Gasteiger partial charge in [-0.1, -0.05) is 60.2 Å². The molecule has 1 unspecified atom stereocenters. The van der Waals surface area contributed by atoms with Crippen molar-refractivity contribution in [2.45, 2.75) is 25.8 Å². The molecule has 1 aliphatic carbocycles. The van der Waals surface area contributed by atoms with Gasteiger partial charge in [-0.25, -0.2) is 0 Å². The third-order valence-electron chi connectivity index (χ3n) is 3.80. The molecule has 0 saturated carbocycles. The molecular weight excluding hydrogens is 230 g/mol. The van der Waals surface area contributed by atoms with E-state index < -0.39 is 0 Å². The number of nitrogens with two attached hydrogens (primary N) is 1. The highest BCUT2D eigenvalue weighted by molar-refractivity contribution is 5.72. The summed E-state index contributed by atoms with van der Waals surface area (Å²) < 4.78 is 0. The predicted molar refractivity (Wildman–Crippen MR) is 81.8 cm³/mol. The second-order valence-electron chi connectivity index (χ2n) is 5.34. The summed E-state index contributed by atoms with van der Waals surface area (Å²) in [5.41, 5.74) is 12.5. The molecule has 0 amide bonds. The van der Waals surface area contributed by atoms with E-state index in [2.05, 4.69) is 61.5 Å². The molecule has 0 saturated heterocycles. The normalized spacial score (nSPS) is 18.4. The van der Waals surface area contributed by atoms with Crippen LogP contribution in [-0.4, -0.2) is 6.04 Å². The average molecular weight is 249 g/mol. The first-order valence-corrected chi connectivity index (χ1v) is 6.86.